The average molecular weight is 308 g/mol. The van der Waals surface area contributed by atoms with Gasteiger partial charge in [-0.25, -0.2) is 4.98 Å². The van der Waals surface area contributed by atoms with E-state index in [1.54, 1.807) is 19.1 Å². The van der Waals surface area contributed by atoms with Crippen molar-refractivity contribution in [3.8, 4) is 5.75 Å². The SMILES string of the molecule is CCOC(=O)CNC(=O)c1ccc(OC2CCOCC2)cn1. The summed E-state index contributed by atoms with van der Waals surface area (Å²) in [6.45, 7) is 3.22. The van der Waals surface area contributed by atoms with Crippen molar-refractivity contribution in [3.63, 3.8) is 0 Å². The number of hydrogen-bond acceptors (Lipinski definition) is 6. The molecule has 0 saturated carbocycles. The van der Waals surface area contributed by atoms with Crippen molar-refractivity contribution in [2.24, 2.45) is 0 Å². The van der Waals surface area contributed by atoms with E-state index >= 15 is 0 Å². The summed E-state index contributed by atoms with van der Waals surface area (Å²) in [5, 5.41) is 2.45. The molecule has 0 aliphatic carbocycles. The summed E-state index contributed by atoms with van der Waals surface area (Å²) in [6.07, 6.45) is 3.33. The molecule has 0 bridgehead atoms. The van der Waals surface area contributed by atoms with E-state index in [-0.39, 0.29) is 24.9 Å². The first-order chi connectivity index (χ1) is 10.7. The molecule has 1 saturated heterocycles. The summed E-state index contributed by atoms with van der Waals surface area (Å²) in [4.78, 5) is 27.0. The van der Waals surface area contributed by atoms with Gasteiger partial charge in [-0.3, -0.25) is 9.59 Å². The third-order valence-electron chi connectivity index (χ3n) is 3.14. The predicted octanol–water partition coefficient (Wildman–Crippen LogP) is 0.932. The first kappa shape index (κ1) is 16.2. The molecule has 22 heavy (non-hydrogen) atoms. The minimum absolute atomic E-state index is 0.124. The van der Waals surface area contributed by atoms with Gasteiger partial charge in [-0.2, -0.15) is 0 Å². The Hall–Kier alpha value is -2.15. The van der Waals surface area contributed by atoms with Crippen molar-refractivity contribution in [2.75, 3.05) is 26.4 Å². The summed E-state index contributed by atoms with van der Waals surface area (Å²) in [5.74, 6) is -0.283. The van der Waals surface area contributed by atoms with Crippen LogP contribution in [0.3, 0.4) is 0 Å². The van der Waals surface area contributed by atoms with Crippen molar-refractivity contribution >= 4 is 11.9 Å². The number of ether oxygens (including phenoxy) is 3. The smallest absolute Gasteiger partial charge is 0.325 e. The Morgan fingerprint density at radius 3 is 2.77 bits per heavy atom. The number of esters is 1. The zero-order chi connectivity index (χ0) is 15.8. The highest BCUT2D eigenvalue weighted by atomic mass is 16.5. The molecule has 120 valence electrons. The second kappa shape index (κ2) is 8.33. The van der Waals surface area contributed by atoms with Crippen LogP contribution in [-0.2, 0) is 14.3 Å². The molecule has 2 heterocycles. The van der Waals surface area contributed by atoms with E-state index in [4.69, 9.17) is 14.2 Å². The fourth-order valence-electron chi connectivity index (χ4n) is 2.03. The standard InChI is InChI=1S/C15H20N2O5/c1-2-21-14(18)10-17-15(19)13-4-3-12(9-16-13)22-11-5-7-20-8-6-11/h3-4,9,11H,2,5-8,10H2,1H3,(H,17,19). The molecule has 2 rings (SSSR count). The quantitative estimate of drug-likeness (QED) is 0.787. The van der Waals surface area contributed by atoms with E-state index < -0.39 is 11.9 Å². The van der Waals surface area contributed by atoms with Gasteiger partial charge in [0, 0.05) is 12.8 Å². The van der Waals surface area contributed by atoms with Gasteiger partial charge in [-0.15, -0.1) is 0 Å². The van der Waals surface area contributed by atoms with Crippen molar-refractivity contribution in [3.05, 3.63) is 24.0 Å². The van der Waals surface area contributed by atoms with E-state index in [9.17, 15) is 9.59 Å². The highest BCUT2D eigenvalue weighted by Gasteiger charge is 2.16. The molecule has 0 unspecified atom stereocenters. The van der Waals surface area contributed by atoms with Gasteiger partial charge in [0.05, 0.1) is 26.0 Å². The largest absolute Gasteiger partial charge is 0.489 e. The summed E-state index contributed by atoms with van der Waals surface area (Å²) >= 11 is 0. The summed E-state index contributed by atoms with van der Waals surface area (Å²) in [7, 11) is 0. The summed E-state index contributed by atoms with van der Waals surface area (Å²) in [6, 6.07) is 3.26. The molecular formula is C15H20N2O5. The van der Waals surface area contributed by atoms with Crippen LogP contribution in [0.25, 0.3) is 0 Å². The van der Waals surface area contributed by atoms with Gasteiger partial charge < -0.3 is 19.5 Å². The van der Waals surface area contributed by atoms with Gasteiger partial charge >= 0.3 is 5.97 Å². The van der Waals surface area contributed by atoms with Gasteiger partial charge in [0.25, 0.3) is 5.91 Å². The third-order valence-corrected chi connectivity index (χ3v) is 3.14. The number of nitrogens with zero attached hydrogens (tertiary/aromatic N) is 1. The fourth-order valence-corrected chi connectivity index (χ4v) is 2.03. The number of rotatable bonds is 6. The lowest BCUT2D eigenvalue weighted by Gasteiger charge is -2.23. The summed E-state index contributed by atoms with van der Waals surface area (Å²) < 4.78 is 15.8. The van der Waals surface area contributed by atoms with E-state index in [1.165, 1.54) is 6.20 Å². The zero-order valence-corrected chi connectivity index (χ0v) is 12.5. The van der Waals surface area contributed by atoms with Crippen LogP contribution in [-0.4, -0.2) is 49.3 Å². The Morgan fingerprint density at radius 1 is 1.36 bits per heavy atom. The van der Waals surface area contributed by atoms with Crippen LogP contribution < -0.4 is 10.1 Å². The third kappa shape index (κ3) is 5.00. The molecule has 1 fully saturated rings. The van der Waals surface area contributed by atoms with Gasteiger partial charge in [0.1, 0.15) is 24.1 Å². The number of nitrogens with one attached hydrogen (secondary N) is 1. The summed E-state index contributed by atoms with van der Waals surface area (Å²) in [5.41, 5.74) is 0.226. The first-order valence-corrected chi connectivity index (χ1v) is 7.33. The lowest BCUT2D eigenvalue weighted by atomic mass is 10.1. The topological polar surface area (TPSA) is 86.8 Å². The molecule has 0 radical (unpaired) electrons. The van der Waals surface area contributed by atoms with Crippen molar-refractivity contribution in [1.82, 2.24) is 10.3 Å². The number of carbonyl (C=O) groups excluding carboxylic acids is 2. The normalized spacial score (nSPS) is 15.1. The highest BCUT2D eigenvalue weighted by molar-refractivity contribution is 5.94. The Balaban J connectivity index is 1.82. The van der Waals surface area contributed by atoms with E-state index in [1.807, 2.05) is 0 Å². The minimum Gasteiger partial charge on any atom is -0.489 e. The number of hydrogen-bond donors (Lipinski definition) is 1. The maximum Gasteiger partial charge on any atom is 0.325 e. The van der Waals surface area contributed by atoms with Gasteiger partial charge in [-0.05, 0) is 19.1 Å². The molecule has 1 aliphatic rings. The lowest BCUT2D eigenvalue weighted by Crippen LogP contribution is -2.31. The second-order valence-corrected chi connectivity index (χ2v) is 4.80. The van der Waals surface area contributed by atoms with Crippen LogP contribution in [0.2, 0.25) is 0 Å². The van der Waals surface area contributed by atoms with Crippen molar-refractivity contribution in [1.29, 1.82) is 0 Å². The molecule has 7 heteroatoms. The Labute approximate surface area is 129 Å². The second-order valence-electron chi connectivity index (χ2n) is 4.80. The zero-order valence-electron chi connectivity index (χ0n) is 12.5. The highest BCUT2D eigenvalue weighted by Crippen LogP contribution is 2.17. The molecule has 1 N–H and O–H groups in total. The van der Waals surface area contributed by atoms with Crippen LogP contribution >= 0.6 is 0 Å². The average Bonchev–Trinajstić information content (AvgIpc) is 2.54. The van der Waals surface area contributed by atoms with Gasteiger partial charge in [-0.1, -0.05) is 0 Å². The monoisotopic (exact) mass is 308 g/mol. The van der Waals surface area contributed by atoms with Gasteiger partial charge in [0.15, 0.2) is 0 Å². The molecule has 1 amide bonds. The Kier molecular flexibility index (Phi) is 6.14. The Bertz CT molecular complexity index is 497. The number of carbonyl (C=O) groups is 2. The van der Waals surface area contributed by atoms with Crippen molar-refractivity contribution in [2.45, 2.75) is 25.9 Å². The molecule has 1 aromatic heterocycles. The van der Waals surface area contributed by atoms with E-state index in [2.05, 4.69) is 10.3 Å². The maximum absolute atomic E-state index is 11.8. The number of aromatic nitrogens is 1. The lowest BCUT2D eigenvalue weighted by molar-refractivity contribution is -0.141. The molecule has 7 nitrogen and oxygen atoms in total. The van der Waals surface area contributed by atoms with Crippen molar-refractivity contribution < 1.29 is 23.8 Å². The Morgan fingerprint density at radius 2 is 2.14 bits per heavy atom. The van der Waals surface area contributed by atoms with Gasteiger partial charge in [0.2, 0.25) is 0 Å². The predicted molar refractivity (Wildman–Crippen MR) is 77.7 cm³/mol. The molecule has 0 spiro atoms. The van der Waals surface area contributed by atoms with Crippen LogP contribution in [0.15, 0.2) is 18.3 Å². The van der Waals surface area contributed by atoms with Crippen LogP contribution in [0.1, 0.15) is 30.3 Å². The van der Waals surface area contributed by atoms with E-state index in [0.29, 0.717) is 19.0 Å². The molecule has 1 aromatic rings. The molecule has 0 atom stereocenters. The van der Waals surface area contributed by atoms with Crippen LogP contribution in [0, 0.1) is 0 Å². The molecule has 1 aliphatic heterocycles. The van der Waals surface area contributed by atoms with E-state index in [0.717, 1.165) is 12.8 Å². The van der Waals surface area contributed by atoms with Crippen LogP contribution in [0.5, 0.6) is 5.75 Å². The minimum atomic E-state index is -0.477. The number of amides is 1. The van der Waals surface area contributed by atoms with Crippen LogP contribution in [0.4, 0.5) is 0 Å². The maximum atomic E-state index is 11.8. The molecule has 0 aromatic carbocycles. The fraction of sp³-hybridized carbons (Fsp3) is 0.533. The first-order valence-electron chi connectivity index (χ1n) is 7.33. The molecular weight excluding hydrogens is 288 g/mol. The number of pyridine rings is 1.